The molecule has 1 aromatic carbocycles. The van der Waals surface area contributed by atoms with Crippen LogP contribution in [0.5, 0.6) is 0 Å². The minimum atomic E-state index is -0.931. The average Bonchev–Trinajstić information content (AvgIpc) is 2.38. The van der Waals surface area contributed by atoms with Gasteiger partial charge >= 0.3 is 0 Å². The van der Waals surface area contributed by atoms with Gasteiger partial charge in [-0.1, -0.05) is 0 Å². The lowest BCUT2D eigenvalue weighted by molar-refractivity contribution is -0.385. The van der Waals surface area contributed by atoms with E-state index in [2.05, 4.69) is 0 Å². The third kappa shape index (κ3) is 4.14. The summed E-state index contributed by atoms with van der Waals surface area (Å²) in [6.07, 6.45) is 0. The molecule has 128 valence electrons. The second-order valence-corrected chi connectivity index (χ2v) is 6.61. The molecule has 1 aliphatic heterocycles. The lowest BCUT2D eigenvalue weighted by Gasteiger charge is -2.42. The number of anilines is 1. The Labute approximate surface area is 133 Å². The molecular weight excluding hydrogens is 308 g/mol. The van der Waals surface area contributed by atoms with Crippen LogP contribution in [0.2, 0.25) is 0 Å². The summed E-state index contributed by atoms with van der Waals surface area (Å²) in [4.78, 5) is 13.5. The molecule has 1 unspecified atom stereocenters. The van der Waals surface area contributed by atoms with Crippen LogP contribution >= 0.6 is 0 Å². The van der Waals surface area contributed by atoms with Crippen LogP contribution < -0.4 is 4.90 Å². The van der Waals surface area contributed by atoms with Crippen LogP contribution in [0.25, 0.3) is 0 Å². The molecule has 0 amide bonds. The van der Waals surface area contributed by atoms with Crippen LogP contribution in [0.1, 0.15) is 20.8 Å². The van der Waals surface area contributed by atoms with E-state index >= 15 is 0 Å². The van der Waals surface area contributed by atoms with Gasteiger partial charge in [-0.2, -0.15) is 0 Å². The van der Waals surface area contributed by atoms with Crippen molar-refractivity contribution in [3.63, 3.8) is 0 Å². The number of nitro benzene ring substituents is 1. The highest BCUT2D eigenvalue weighted by Crippen LogP contribution is 2.30. The fraction of sp³-hybridized carbons (Fsp3) is 0.600. The van der Waals surface area contributed by atoms with E-state index in [4.69, 9.17) is 0 Å². The van der Waals surface area contributed by atoms with E-state index in [0.29, 0.717) is 26.2 Å². The lowest BCUT2D eigenvalue weighted by Crippen LogP contribution is -2.55. The van der Waals surface area contributed by atoms with Crippen LogP contribution in [-0.4, -0.2) is 52.8 Å². The third-order valence-corrected chi connectivity index (χ3v) is 3.82. The van der Waals surface area contributed by atoms with Crippen molar-refractivity contribution < 1.29 is 18.8 Å². The maximum atomic E-state index is 14.2. The van der Waals surface area contributed by atoms with Gasteiger partial charge in [0, 0.05) is 32.2 Å². The molecule has 2 rings (SSSR count). The van der Waals surface area contributed by atoms with Crippen LogP contribution in [0, 0.1) is 21.7 Å². The third-order valence-electron chi connectivity index (χ3n) is 3.82. The van der Waals surface area contributed by atoms with E-state index in [0.717, 1.165) is 12.1 Å². The van der Waals surface area contributed by atoms with Crippen molar-refractivity contribution in [2.24, 2.45) is 0 Å². The number of piperazine rings is 1. The molecule has 0 radical (unpaired) electrons. The Morgan fingerprint density at radius 1 is 1.35 bits per heavy atom. The summed E-state index contributed by atoms with van der Waals surface area (Å²) in [7, 11) is 0. The fourth-order valence-corrected chi connectivity index (χ4v) is 2.99. The second-order valence-electron chi connectivity index (χ2n) is 6.61. The van der Waals surface area contributed by atoms with E-state index < -0.39 is 27.8 Å². The van der Waals surface area contributed by atoms with Gasteiger partial charge in [0.1, 0.15) is 5.69 Å². The smallest absolute Gasteiger partial charge is 0.275 e. The maximum absolute atomic E-state index is 14.2. The van der Waals surface area contributed by atoms with E-state index in [1.165, 1.54) is 0 Å². The van der Waals surface area contributed by atoms with Gasteiger partial charge in [-0.05, 0) is 20.8 Å². The number of nitro groups is 1. The van der Waals surface area contributed by atoms with Crippen molar-refractivity contribution >= 4 is 11.4 Å². The molecule has 1 fully saturated rings. The summed E-state index contributed by atoms with van der Waals surface area (Å²) >= 11 is 0. The Hall–Kier alpha value is -1.80. The molecule has 0 spiro atoms. The fourth-order valence-electron chi connectivity index (χ4n) is 2.99. The molecule has 0 saturated carbocycles. The molecule has 1 aromatic rings. The first kappa shape index (κ1) is 17.6. The van der Waals surface area contributed by atoms with Gasteiger partial charge in [-0.3, -0.25) is 15.0 Å². The lowest BCUT2D eigenvalue weighted by atomic mass is 10.1. The molecule has 0 bridgehead atoms. The SMILES string of the molecule is CC1CN(CC(C)(C)O)CCN1c1c(F)cc([N+](=O)[O-])cc1F. The summed E-state index contributed by atoms with van der Waals surface area (Å²) in [5.74, 6) is -1.86. The first-order chi connectivity index (χ1) is 10.6. The Bertz CT molecular complexity index is 581. The predicted molar refractivity (Wildman–Crippen MR) is 82.6 cm³/mol. The van der Waals surface area contributed by atoms with Crippen molar-refractivity contribution in [2.45, 2.75) is 32.4 Å². The number of nitrogens with zero attached hydrogens (tertiary/aromatic N) is 3. The van der Waals surface area contributed by atoms with Crippen molar-refractivity contribution in [1.82, 2.24) is 4.90 Å². The summed E-state index contributed by atoms with van der Waals surface area (Å²) in [5.41, 5.74) is -1.67. The minimum Gasteiger partial charge on any atom is -0.389 e. The van der Waals surface area contributed by atoms with Gasteiger partial charge in [-0.25, -0.2) is 8.78 Å². The highest BCUT2D eigenvalue weighted by molar-refractivity contribution is 5.55. The molecule has 1 N–H and O–H groups in total. The molecule has 0 aromatic heterocycles. The van der Waals surface area contributed by atoms with Crippen molar-refractivity contribution in [3.8, 4) is 0 Å². The van der Waals surface area contributed by atoms with Crippen LogP contribution in [0.4, 0.5) is 20.2 Å². The Kier molecular flexibility index (Phi) is 4.86. The van der Waals surface area contributed by atoms with Crippen LogP contribution in [-0.2, 0) is 0 Å². The van der Waals surface area contributed by atoms with Crippen LogP contribution in [0.3, 0.4) is 0 Å². The van der Waals surface area contributed by atoms with E-state index in [1.807, 2.05) is 11.8 Å². The zero-order valence-corrected chi connectivity index (χ0v) is 13.4. The number of halogens is 2. The first-order valence-electron chi connectivity index (χ1n) is 7.43. The molecule has 8 heteroatoms. The highest BCUT2D eigenvalue weighted by atomic mass is 19.1. The first-order valence-corrected chi connectivity index (χ1v) is 7.43. The molecule has 6 nitrogen and oxygen atoms in total. The van der Waals surface area contributed by atoms with Gasteiger partial charge in [0.2, 0.25) is 0 Å². The van der Waals surface area contributed by atoms with E-state index in [1.54, 1.807) is 18.7 Å². The van der Waals surface area contributed by atoms with Gasteiger partial charge in [0.25, 0.3) is 5.69 Å². The topological polar surface area (TPSA) is 69.8 Å². The second kappa shape index (κ2) is 6.37. The number of aliphatic hydroxyl groups is 1. The van der Waals surface area contributed by atoms with Gasteiger partial charge in [0.15, 0.2) is 11.6 Å². The summed E-state index contributed by atoms with van der Waals surface area (Å²) < 4.78 is 28.3. The Morgan fingerprint density at radius 2 is 1.91 bits per heavy atom. The molecule has 1 aliphatic rings. The van der Waals surface area contributed by atoms with Crippen molar-refractivity contribution in [1.29, 1.82) is 0 Å². The number of non-ortho nitro benzene ring substituents is 1. The molecule has 1 atom stereocenters. The summed E-state index contributed by atoms with van der Waals surface area (Å²) in [6, 6.07) is 1.31. The number of rotatable bonds is 4. The minimum absolute atomic E-state index is 0.184. The van der Waals surface area contributed by atoms with Gasteiger partial charge < -0.3 is 10.0 Å². The average molecular weight is 329 g/mol. The van der Waals surface area contributed by atoms with Gasteiger partial charge in [-0.15, -0.1) is 0 Å². The number of benzene rings is 1. The van der Waals surface area contributed by atoms with Crippen molar-refractivity contribution in [2.75, 3.05) is 31.1 Å². The molecule has 1 heterocycles. The highest BCUT2D eigenvalue weighted by Gasteiger charge is 2.31. The molecular formula is C15H21F2N3O3. The normalized spacial score (nSPS) is 19.9. The largest absolute Gasteiger partial charge is 0.389 e. The van der Waals surface area contributed by atoms with E-state index in [9.17, 15) is 24.0 Å². The monoisotopic (exact) mass is 329 g/mol. The number of hydrogen-bond donors (Lipinski definition) is 1. The summed E-state index contributed by atoms with van der Waals surface area (Å²) in [5, 5.41) is 20.5. The standard InChI is InChI=1S/C15H21F2N3O3/c1-10-8-18(9-15(2,3)21)4-5-19(10)14-12(16)6-11(20(22)23)7-13(14)17/h6-7,10,21H,4-5,8-9H2,1-3H3. The Morgan fingerprint density at radius 3 is 2.35 bits per heavy atom. The molecule has 23 heavy (non-hydrogen) atoms. The predicted octanol–water partition coefficient (Wildman–Crippen LogP) is 2.15. The Balaban J connectivity index is 2.19. The molecule has 1 saturated heterocycles. The zero-order valence-electron chi connectivity index (χ0n) is 13.4. The number of β-amino-alcohol motifs (C(OH)–C–C–N with tert-alkyl or cyclic N) is 1. The maximum Gasteiger partial charge on any atom is 0.275 e. The number of hydrogen-bond acceptors (Lipinski definition) is 5. The quantitative estimate of drug-likeness (QED) is 0.677. The van der Waals surface area contributed by atoms with Crippen LogP contribution in [0.15, 0.2) is 12.1 Å². The van der Waals surface area contributed by atoms with E-state index in [-0.39, 0.29) is 11.7 Å². The summed E-state index contributed by atoms with van der Waals surface area (Å²) in [6.45, 7) is 7.18. The van der Waals surface area contributed by atoms with Crippen molar-refractivity contribution in [3.05, 3.63) is 33.9 Å². The molecule has 0 aliphatic carbocycles. The zero-order chi connectivity index (χ0) is 17.4. The van der Waals surface area contributed by atoms with Gasteiger partial charge in [0.05, 0.1) is 22.7 Å².